The molecule has 2 aromatic carbocycles. The van der Waals surface area contributed by atoms with E-state index in [0.717, 1.165) is 0 Å². The van der Waals surface area contributed by atoms with Crippen LogP contribution < -0.4 is 29.6 Å². The van der Waals surface area contributed by atoms with E-state index in [1.807, 2.05) is 0 Å². The van der Waals surface area contributed by atoms with Crippen LogP contribution in [0.5, 0.6) is 23.3 Å². The number of carbonyl (C=O) groups is 2. The molecule has 18 heteroatoms. The molecule has 2 amide bonds. The Morgan fingerprint density at radius 3 is 1.54 bits per heavy atom. The summed E-state index contributed by atoms with van der Waals surface area (Å²) in [6.45, 7) is 4.29. The Bertz CT molecular complexity index is 2180. The van der Waals surface area contributed by atoms with E-state index in [-0.39, 0.29) is 59.9 Å². The fourth-order valence-electron chi connectivity index (χ4n) is 5.64. The Morgan fingerprint density at radius 1 is 0.692 bits per heavy atom. The third-order valence-corrected chi connectivity index (χ3v) is 8.86. The first kappa shape index (κ1) is 34.7. The van der Waals surface area contributed by atoms with Crippen LogP contribution in [-0.4, -0.2) is 68.0 Å². The number of ether oxygens (including phenoxy) is 4. The number of benzene rings is 2. The number of amides is 2. The Balaban J connectivity index is 0.000000162. The van der Waals surface area contributed by atoms with Gasteiger partial charge >= 0.3 is 0 Å². The molecule has 0 saturated carbocycles. The molecule has 8 rings (SSSR count). The van der Waals surface area contributed by atoms with E-state index >= 15 is 0 Å². The van der Waals surface area contributed by atoms with E-state index in [0.29, 0.717) is 56.1 Å². The van der Waals surface area contributed by atoms with E-state index < -0.39 is 23.8 Å². The van der Waals surface area contributed by atoms with Gasteiger partial charge in [-0.15, -0.1) is 0 Å². The number of carbonyl (C=O) groups excluding carboxylic acids is 2. The highest BCUT2D eigenvalue weighted by molar-refractivity contribution is 6.32. The number of hydrogen-bond donors (Lipinski definition) is 4. The molecule has 268 valence electrons. The van der Waals surface area contributed by atoms with Gasteiger partial charge in [0, 0.05) is 12.4 Å². The molecular weight excluding hydrogens is 725 g/mol. The van der Waals surface area contributed by atoms with Crippen molar-refractivity contribution in [3.63, 3.8) is 0 Å². The predicted molar refractivity (Wildman–Crippen MR) is 184 cm³/mol. The van der Waals surface area contributed by atoms with Crippen LogP contribution >= 0.6 is 23.2 Å². The van der Waals surface area contributed by atoms with Crippen LogP contribution in [0.2, 0.25) is 10.0 Å². The molecule has 2 atom stereocenters. The van der Waals surface area contributed by atoms with Gasteiger partial charge in [-0.2, -0.15) is 0 Å². The number of aromatic amines is 2. The molecule has 4 bridgehead atoms. The summed E-state index contributed by atoms with van der Waals surface area (Å²) >= 11 is 12.3. The zero-order valence-corrected chi connectivity index (χ0v) is 28.9. The zero-order chi connectivity index (χ0) is 36.5. The number of hydrogen-bond acceptors (Lipinski definition) is 10. The summed E-state index contributed by atoms with van der Waals surface area (Å²) in [5, 5.41) is 5.33. The van der Waals surface area contributed by atoms with Crippen molar-refractivity contribution >= 4 is 57.3 Å². The molecule has 2 aliphatic rings. The van der Waals surface area contributed by atoms with Crippen molar-refractivity contribution in [1.82, 2.24) is 40.5 Å². The van der Waals surface area contributed by atoms with Gasteiger partial charge in [0.2, 0.25) is 11.8 Å². The van der Waals surface area contributed by atoms with Crippen molar-refractivity contribution in [1.29, 1.82) is 0 Å². The Morgan fingerprint density at radius 2 is 1.12 bits per heavy atom. The molecule has 4 N–H and O–H groups in total. The third kappa shape index (κ3) is 6.81. The maximum absolute atomic E-state index is 13.9. The molecule has 14 nitrogen and oxygen atoms in total. The molecule has 52 heavy (non-hydrogen) atoms. The highest BCUT2D eigenvalue weighted by atomic mass is 35.5. The van der Waals surface area contributed by atoms with E-state index in [9.17, 15) is 18.4 Å². The minimum absolute atomic E-state index is 0.0784. The number of nitrogens with one attached hydrogen (secondary N) is 4. The van der Waals surface area contributed by atoms with Crippen molar-refractivity contribution in [3.8, 4) is 23.3 Å². The zero-order valence-electron chi connectivity index (χ0n) is 27.4. The summed E-state index contributed by atoms with van der Waals surface area (Å²) in [6.07, 6.45) is 4.62. The van der Waals surface area contributed by atoms with Crippen molar-refractivity contribution in [2.24, 2.45) is 0 Å². The van der Waals surface area contributed by atoms with Gasteiger partial charge in [0.15, 0.2) is 11.3 Å². The molecule has 0 fully saturated rings. The summed E-state index contributed by atoms with van der Waals surface area (Å²) in [7, 11) is 0. The van der Waals surface area contributed by atoms with Crippen molar-refractivity contribution in [2.45, 2.75) is 26.1 Å². The Kier molecular flexibility index (Phi) is 9.66. The molecule has 0 aliphatic carbocycles. The minimum atomic E-state index is -0.647. The second-order valence-corrected chi connectivity index (χ2v) is 12.2. The monoisotopic (exact) mass is 752 g/mol. The fourth-order valence-corrected chi connectivity index (χ4v) is 6.26. The van der Waals surface area contributed by atoms with Crippen molar-refractivity contribution in [3.05, 3.63) is 93.0 Å². The van der Waals surface area contributed by atoms with Crippen LogP contribution in [0.1, 0.15) is 57.9 Å². The summed E-state index contributed by atoms with van der Waals surface area (Å²) in [5.41, 5.74) is 3.15. The number of rotatable bonds is 0. The number of nitrogens with zero attached hydrogens (tertiary/aromatic N) is 4. The first-order chi connectivity index (χ1) is 25.1. The average molecular weight is 754 g/mol. The van der Waals surface area contributed by atoms with E-state index in [1.54, 1.807) is 13.8 Å². The minimum Gasteiger partial charge on any atom is -0.491 e. The standard InChI is InChI=1S/2C17H14ClFN4O3/c2*1-8-13-11(3-2-10(19)14(13)18)25-5-4-20-17(24)9-6-21-16-15(9)23-12(26-8)7-22-16/h2*2-3,6-8H,4-5H2,1H3,(H,20,24)(H,21,22)/t8-;/m1./s1. The predicted octanol–water partition coefficient (Wildman–Crippen LogP) is 6.03. The molecule has 0 saturated heterocycles. The summed E-state index contributed by atoms with van der Waals surface area (Å²) in [5.74, 6) is -0.633. The lowest BCUT2D eigenvalue weighted by molar-refractivity contribution is 0.0940. The Hall–Kier alpha value is -5.74. The first-order valence-corrected chi connectivity index (χ1v) is 16.6. The second kappa shape index (κ2) is 14.5. The molecule has 4 aromatic heterocycles. The van der Waals surface area contributed by atoms with Crippen LogP contribution in [-0.2, 0) is 0 Å². The van der Waals surface area contributed by atoms with Crippen LogP contribution in [0.3, 0.4) is 0 Å². The number of fused-ring (bicyclic) bond motifs is 4. The van der Waals surface area contributed by atoms with Gasteiger partial charge in [-0.1, -0.05) is 23.2 Å². The largest absolute Gasteiger partial charge is 0.491 e. The average Bonchev–Trinajstić information content (AvgIpc) is 3.75. The van der Waals surface area contributed by atoms with Gasteiger partial charge in [-0.05, 0) is 38.1 Å². The second-order valence-electron chi connectivity index (χ2n) is 11.5. The molecule has 0 radical (unpaired) electrons. The Labute approximate surface area is 303 Å². The lowest BCUT2D eigenvalue weighted by atomic mass is 10.1. The highest BCUT2D eigenvalue weighted by Crippen LogP contribution is 2.38. The summed E-state index contributed by atoms with van der Waals surface area (Å²) in [4.78, 5) is 47.6. The van der Waals surface area contributed by atoms with E-state index in [2.05, 4.69) is 40.5 Å². The SMILES string of the molecule is CC1Oc2cnc3[nH]cc(c3n2)C(=O)NCCOc2ccc(F)c(Cl)c21.C[C@H]1Oc2cnc3[nH]cc(c3n2)C(=O)NCCOc2ccc(F)c(Cl)c21. The smallest absolute Gasteiger partial charge is 0.255 e. The quantitative estimate of drug-likeness (QED) is 0.143. The topological polar surface area (TPSA) is 178 Å². The maximum atomic E-state index is 13.9. The molecule has 6 aromatic rings. The normalized spacial score (nSPS) is 17.3. The fraction of sp³-hybridized carbons (Fsp3) is 0.235. The number of aromatic nitrogens is 6. The van der Waals surface area contributed by atoms with Gasteiger partial charge in [-0.25, -0.2) is 28.7 Å². The third-order valence-electron chi connectivity index (χ3n) is 8.09. The maximum Gasteiger partial charge on any atom is 0.255 e. The van der Waals surface area contributed by atoms with Crippen molar-refractivity contribution < 1.29 is 37.3 Å². The number of H-pyrrole nitrogens is 2. The van der Waals surface area contributed by atoms with Gasteiger partial charge in [0.1, 0.15) is 59.6 Å². The molecular formula is C34H28Cl2F2N8O6. The highest BCUT2D eigenvalue weighted by Gasteiger charge is 2.25. The van der Waals surface area contributed by atoms with E-state index in [1.165, 1.54) is 49.1 Å². The molecule has 2 aliphatic heterocycles. The van der Waals surface area contributed by atoms with Crippen LogP contribution in [0, 0.1) is 11.6 Å². The van der Waals surface area contributed by atoms with E-state index in [4.69, 9.17) is 42.1 Å². The molecule has 6 heterocycles. The van der Waals surface area contributed by atoms with Gasteiger partial charge < -0.3 is 39.5 Å². The van der Waals surface area contributed by atoms with Gasteiger partial charge in [0.05, 0.1) is 57.8 Å². The lowest BCUT2D eigenvalue weighted by Crippen LogP contribution is -2.28. The molecule has 1 unspecified atom stereocenters. The van der Waals surface area contributed by atoms with Gasteiger partial charge in [-0.3, -0.25) is 9.59 Å². The first-order valence-electron chi connectivity index (χ1n) is 15.9. The van der Waals surface area contributed by atoms with Crippen molar-refractivity contribution in [2.75, 3.05) is 26.3 Å². The van der Waals surface area contributed by atoms with Crippen LogP contribution in [0.4, 0.5) is 8.78 Å². The summed E-state index contributed by atoms with van der Waals surface area (Å²) < 4.78 is 50.9. The summed E-state index contributed by atoms with van der Waals surface area (Å²) in [6, 6.07) is 5.41. The lowest BCUT2D eigenvalue weighted by Gasteiger charge is -2.19. The van der Waals surface area contributed by atoms with Crippen LogP contribution in [0.25, 0.3) is 22.3 Å². The molecule has 0 spiro atoms. The number of halogens is 4. The van der Waals surface area contributed by atoms with Gasteiger partial charge in [0.25, 0.3) is 11.8 Å². The van der Waals surface area contributed by atoms with Crippen LogP contribution in [0.15, 0.2) is 49.1 Å².